The highest BCUT2D eigenvalue weighted by Crippen LogP contribution is 2.50. The standard InChI is InChI=1S/C53H33NO/c1-2-11-33(12-3-1)35-15-10-16-39(29-35)51-42-18-7-6-17-41(42)46-31-37(22-25-43(46)51)38-23-27-48-47(32-38)44-26-28-50-52(45-19-8-9-20-49(45)55-50)53(44)54(48)40-24-21-34-13-4-5-14-36(34)30-40/h1-32,51H. The molecule has 0 N–H and O–H groups in total. The molecule has 11 aromatic rings. The number of para-hydroxylation sites is 1. The Labute approximate surface area is 318 Å². The maximum atomic E-state index is 6.44. The van der Waals surface area contributed by atoms with Crippen LogP contribution in [0.15, 0.2) is 199 Å². The number of hydrogen-bond acceptors (Lipinski definition) is 1. The lowest BCUT2D eigenvalue weighted by atomic mass is 9.87. The van der Waals surface area contributed by atoms with E-state index >= 15 is 0 Å². The van der Waals surface area contributed by atoms with E-state index in [0.29, 0.717) is 0 Å². The second-order valence-corrected chi connectivity index (χ2v) is 14.8. The number of aromatic nitrogens is 1. The Hall–Kier alpha value is -7.16. The third-order valence-corrected chi connectivity index (χ3v) is 11.8. The zero-order chi connectivity index (χ0) is 36.0. The molecule has 1 aliphatic carbocycles. The molecule has 0 saturated heterocycles. The van der Waals surface area contributed by atoms with Crippen LogP contribution >= 0.6 is 0 Å². The quantitative estimate of drug-likeness (QED) is 0.179. The van der Waals surface area contributed by atoms with Crippen LogP contribution < -0.4 is 0 Å². The van der Waals surface area contributed by atoms with Gasteiger partial charge in [-0.05, 0) is 109 Å². The summed E-state index contributed by atoms with van der Waals surface area (Å²) in [5.74, 6) is 0.179. The van der Waals surface area contributed by atoms with Gasteiger partial charge in [-0.15, -0.1) is 0 Å². The van der Waals surface area contributed by atoms with Crippen molar-refractivity contribution >= 4 is 54.5 Å². The van der Waals surface area contributed by atoms with Crippen LogP contribution in [-0.2, 0) is 0 Å². The van der Waals surface area contributed by atoms with Crippen LogP contribution in [0.2, 0.25) is 0 Å². The fourth-order valence-electron chi connectivity index (χ4n) is 9.35. The van der Waals surface area contributed by atoms with E-state index < -0.39 is 0 Å². The number of hydrogen-bond donors (Lipinski definition) is 0. The molecule has 2 nitrogen and oxygen atoms in total. The van der Waals surface area contributed by atoms with Crippen molar-refractivity contribution in [2.45, 2.75) is 5.92 Å². The Morgan fingerprint density at radius 3 is 2.09 bits per heavy atom. The van der Waals surface area contributed by atoms with E-state index in [0.717, 1.165) is 27.6 Å². The number of fused-ring (bicyclic) bond motifs is 11. The fraction of sp³-hybridized carbons (Fsp3) is 0.0189. The molecular formula is C53H33NO. The van der Waals surface area contributed by atoms with Gasteiger partial charge in [0, 0.05) is 27.8 Å². The molecule has 0 saturated carbocycles. The first kappa shape index (κ1) is 30.3. The van der Waals surface area contributed by atoms with Crippen LogP contribution in [0.3, 0.4) is 0 Å². The van der Waals surface area contributed by atoms with Gasteiger partial charge in [-0.25, -0.2) is 0 Å². The Balaban J connectivity index is 1.05. The van der Waals surface area contributed by atoms with E-state index in [4.69, 9.17) is 4.42 Å². The smallest absolute Gasteiger partial charge is 0.137 e. The van der Waals surface area contributed by atoms with Crippen LogP contribution in [0, 0.1) is 0 Å². The van der Waals surface area contributed by atoms with Gasteiger partial charge < -0.3 is 8.98 Å². The average molecular weight is 700 g/mol. The summed E-state index contributed by atoms with van der Waals surface area (Å²) in [5, 5.41) is 7.18. The van der Waals surface area contributed by atoms with Crippen molar-refractivity contribution < 1.29 is 4.42 Å². The summed E-state index contributed by atoms with van der Waals surface area (Å²) in [6, 6.07) is 71.0. The molecule has 55 heavy (non-hydrogen) atoms. The van der Waals surface area contributed by atoms with Crippen molar-refractivity contribution in [2.75, 3.05) is 0 Å². The van der Waals surface area contributed by atoms with Crippen LogP contribution in [-0.4, -0.2) is 4.57 Å². The molecule has 1 unspecified atom stereocenters. The van der Waals surface area contributed by atoms with Gasteiger partial charge in [0.25, 0.3) is 0 Å². The minimum atomic E-state index is 0.179. The van der Waals surface area contributed by atoms with Crippen molar-refractivity contribution in [3.8, 4) is 39.1 Å². The first-order valence-corrected chi connectivity index (χ1v) is 19.0. The van der Waals surface area contributed by atoms with Gasteiger partial charge in [-0.2, -0.15) is 0 Å². The van der Waals surface area contributed by atoms with Gasteiger partial charge in [-0.1, -0.05) is 146 Å². The number of rotatable bonds is 4. The number of furan rings is 1. The zero-order valence-corrected chi connectivity index (χ0v) is 29.9. The lowest BCUT2D eigenvalue weighted by molar-refractivity contribution is 0.669. The fourth-order valence-corrected chi connectivity index (χ4v) is 9.35. The molecule has 0 fully saturated rings. The summed E-state index contributed by atoms with van der Waals surface area (Å²) in [7, 11) is 0. The summed E-state index contributed by atoms with van der Waals surface area (Å²) in [6.45, 7) is 0. The summed E-state index contributed by atoms with van der Waals surface area (Å²) < 4.78 is 8.88. The lowest BCUT2D eigenvalue weighted by Gasteiger charge is -2.16. The number of benzene rings is 9. The summed E-state index contributed by atoms with van der Waals surface area (Å²) in [5.41, 5.74) is 16.9. The van der Waals surface area contributed by atoms with Crippen molar-refractivity contribution in [3.05, 3.63) is 211 Å². The molecule has 1 aliphatic rings. The summed E-state index contributed by atoms with van der Waals surface area (Å²) in [6.07, 6.45) is 0. The molecule has 2 heterocycles. The second-order valence-electron chi connectivity index (χ2n) is 14.8. The Bertz CT molecular complexity index is 3330. The average Bonchev–Trinajstić information content (AvgIpc) is 3.91. The highest BCUT2D eigenvalue weighted by Gasteiger charge is 2.30. The predicted octanol–water partition coefficient (Wildman–Crippen LogP) is 14.3. The van der Waals surface area contributed by atoms with E-state index in [2.05, 4.69) is 193 Å². The second kappa shape index (κ2) is 11.7. The van der Waals surface area contributed by atoms with Crippen molar-refractivity contribution in [2.24, 2.45) is 0 Å². The topological polar surface area (TPSA) is 18.1 Å². The van der Waals surface area contributed by atoms with Crippen LogP contribution in [0.1, 0.15) is 22.6 Å². The Morgan fingerprint density at radius 1 is 0.400 bits per heavy atom. The molecule has 2 aromatic heterocycles. The first-order valence-electron chi connectivity index (χ1n) is 19.0. The van der Waals surface area contributed by atoms with Gasteiger partial charge >= 0.3 is 0 Å². The zero-order valence-electron chi connectivity index (χ0n) is 29.9. The molecule has 2 heteroatoms. The lowest BCUT2D eigenvalue weighted by Crippen LogP contribution is -1.99. The van der Waals surface area contributed by atoms with E-state index in [1.54, 1.807) is 0 Å². The predicted molar refractivity (Wildman–Crippen MR) is 229 cm³/mol. The van der Waals surface area contributed by atoms with Gasteiger partial charge in [0.1, 0.15) is 11.2 Å². The molecule has 9 aromatic carbocycles. The van der Waals surface area contributed by atoms with Gasteiger partial charge in [0.2, 0.25) is 0 Å². The van der Waals surface area contributed by atoms with E-state index in [1.165, 1.54) is 82.6 Å². The van der Waals surface area contributed by atoms with E-state index in [1.807, 2.05) is 6.07 Å². The summed E-state index contributed by atoms with van der Waals surface area (Å²) in [4.78, 5) is 0. The first-order chi connectivity index (χ1) is 27.3. The van der Waals surface area contributed by atoms with Crippen molar-refractivity contribution in [1.29, 1.82) is 0 Å². The molecule has 0 amide bonds. The van der Waals surface area contributed by atoms with Gasteiger partial charge in [0.05, 0.1) is 16.4 Å². The van der Waals surface area contributed by atoms with E-state index in [-0.39, 0.29) is 5.92 Å². The normalized spacial score (nSPS) is 13.6. The van der Waals surface area contributed by atoms with Crippen molar-refractivity contribution in [1.82, 2.24) is 4.57 Å². The minimum absolute atomic E-state index is 0.179. The van der Waals surface area contributed by atoms with Crippen LogP contribution in [0.25, 0.3) is 93.6 Å². The van der Waals surface area contributed by atoms with Gasteiger partial charge in [-0.3, -0.25) is 0 Å². The largest absolute Gasteiger partial charge is 0.456 e. The maximum absolute atomic E-state index is 6.44. The molecular weight excluding hydrogens is 667 g/mol. The molecule has 256 valence electrons. The molecule has 0 bridgehead atoms. The van der Waals surface area contributed by atoms with Crippen LogP contribution in [0.4, 0.5) is 0 Å². The van der Waals surface area contributed by atoms with Crippen LogP contribution in [0.5, 0.6) is 0 Å². The molecule has 0 radical (unpaired) electrons. The third-order valence-electron chi connectivity index (χ3n) is 11.8. The number of nitrogens with zero attached hydrogens (tertiary/aromatic N) is 1. The molecule has 0 aliphatic heterocycles. The van der Waals surface area contributed by atoms with Gasteiger partial charge in [0.15, 0.2) is 0 Å². The Morgan fingerprint density at radius 2 is 1.15 bits per heavy atom. The Kier molecular flexibility index (Phi) is 6.43. The maximum Gasteiger partial charge on any atom is 0.137 e. The third kappa shape index (κ3) is 4.55. The monoisotopic (exact) mass is 699 g/mol. The highest BCUT2D eigenvalue weighted by molar-refractivity contribution is 6.25. The highest BCUT2D eigenvalue weighted by atomic mass is 16.3. The summed E-state index contributed by atoms with van der Waals surface area (Å²) >= 11 is 0. The van der Waals surface area contributed by atoms with E-state index in [9.17, 15) is 0 Å². The molecule has 0 spiro atoms. The molecule has 1 atom stereocenters. The SMILES string of the molecule is c1ccc(-c2cccc(C3c4ccccc4-c4cc(-c5ccc6c(c5)c5ccc7oc8ccccc8c7c5n6-c5ccc6ccccc6c5)ccc43)c2)cc1. The van der Waals surface area contributed by atoms with Crippen molar-refractivity contribution in [3.63, 3.8) is 0 Å². The minimum Gasteiger partial charge on any atom is -0.456 e. The molecule has 12 rings (SSSR count).